The predicted molar refractivity (Wildman–Crippen MR) is 169 cm³/mol. The summed E-state index contributed by atoms with van der Waals surface area (Å²) in [6.45, 7) is 10.2. The van der Waals surface area contributed by atoms with Crippen molar-refractivity contribution in [2.45, 2.75) is 70.6 Å². The normalized spacial score (nSPS) is 20.3. The van der Waals surface area contributed by atoms with Crippen LogP contribution in [0.4, 0.5) is 11.4 Å². The zero-order valence-corrected chi connectivity index (χ0v) is 33.5. The van der Waals surface area contributed by atoms with E-state index in [2.05, 4.69) is 110 Å². The number of para-hydroxylation sites is 2. The van der Waals surface area contributed by atoms with Gasteiger partial charge in [0, 0.05) is 39.5 Å². The maximum Gasteiger partial charge on any atom is 1.00 e. The van der Waals surface area contributed by atoms with Gasteiger partial charge in [-0.05, 0) is 68.5 Å². The average Bonchev–Trinajstić information content (AvgIpc) is 3.32. The Morgan fingerprint density at radius 3 is 2.26 bits per heavy atom. The molecule has 0 radical (unpaired) electrons. The first-order valence-electron chi connectivity index (χ1n) is 14.5. The van der Waals surface area contributed by atoms with Gasteiger partial charge in [0.2, 0.25) is 5.69 Å². The predicted octanol–water partition coefficient (Wildman–Crippen LogP) is 1.91. The second-order valence-electron chi connectivity index (χ2n) is 12.0. The van der Waals surface area contributed by atoms with E-state index in [0.717, 1.165) is 58.2 Å². The molecule has 0 N–H and O–H groups in total. The number of nitrogens with zero attached hydrogens (tertiary/aromatic N) is 2. The number of rotatable bonds is 9. The van der Waals surface area contributed by atoms with Crippen molar-refractivity contribution in [2.75, 3.05) is 18.0 Å². The van der Waals surface area contributed by atoms with E-state index in [1.165, 1.54) is 11.1 Å². The number of hydrogen-bond donors (Lipinski definition) is 0. The minimum atomic E-state index is -0.188. The first kappa shape index (κ1) is 37.2. The van der Waals surface area contributed by atoms with Crippen molar-refractivity contribution in [3.63, 3.8) is 0 Å². The Morgan fingerprint density at radius 1 is 0.860 bits per heavy atom. The number of halogens is 1. The van der Waals surface area contributed by atoms with Crippen LogP contribution in [0.5, 0.6) is 0 Å². The van der Waals surface area contributed by atoms with Crippen LogP contribution in [-0.2, 0) is 20.4 Å². The molecule has 2 aliphatic heterocycles. The third kappa shape index (κ3) is 7.51. The molecule has 212 valence electrons. The quantitative estimate of drug-likeness (QED) is 0.238. The van der Waals surface area contributed by atoms with Gasteiger partial charge >= 0.3 is 103 Å². The summed E-state index contributed by atoms with van der Waals surface area (Å²) in [4.78, 5) is 24.5. The van der Waals surface area contributed by atoms with Crippen molar-refractivity contribution in [3.8, 4) is 0 Å². The molecule has 2 heterocycles. The summed E-state index contributed by atoms with van der Waals surface area (Å²) in [7, 11) is 0. The summed E-state index contributed by atoms with van der Waals surface area (Å²) in [5.41, 5.74) is 9.04. The summed E-state index contributed by atoms with van der Waals surface area (Å²) in [5.74, 6) is 0. The van der Waals surface area contributed by atoms with Gasteiger partial charge in [-0.2, -0.15) is 4.58 Å². The smallest absolute Gasteiger partial charge is 0.542 e. The molecule has 43 heavy (non-hydrogen) atoms. The molecule has 0 saturated carbocycles. The molecule has 2 aromatic carbocycles. The maximum absolute atomic E-state index is 11.1. The molecular formula is C36H38ClK2N2O2+. The molecular weight excluding hydrogens is 606 g/mol. The Bertz CT molecular complexity index is 1530. The van der Waals surface area contributed by atoms with Crippen molar-refractivity contribution in [3.05, 3.63) is 106 Å². The molecule has 2 aromatic rings. The molecule has 0 atom stereocenters. The zero-order valence-electron chi connectivity index (χ0n) is 26.5. The van der Waals surface area contributed by atoms with Gasteiger partial charge < -0.3 is 14.5 Å². The van der Waals surface area contributed by atoms with Gasteiger partial charge in [0.15, 0.2) is 5.71 Å². The van der Waals surface area contributed by atoms with Crippen LogP contribution in [0, 0.1) is 0 Å². The van der Waals surface area contributed by atoms with Gasteiger partial charge in [-0.15, -0.1) is 6.42 Å². The van der Waals surface area contributed by atoms with Gasteiger partial charge in [-0.25, -0.2) is 0 Å². The van der Waals surface area contributed by atoms with Crippen LogP contribution in [0.3, 0.4) is 0 Å². The van der Waals surface area contributed by atoms with Crippen molar-refractivity contribution in [2.24, 2.45) is 0 Å². The van der Waals surface area contributed by atoms with E-state index in [9.17, 15) is 9.59 Å². The van der Waals surface area contributed by atoms with Crippen molar-refractivity contribution < 1.29 is 117 Å². The Morgan fingerprint density at radius 2 is 1.53 bits per heavy atom. The van der Waals surface area contributed by atoms with E-state index in [-0.39, 0.29) is 114 Å². The molecule has 0 saturated heterocycles. The van der Waals surface area contributed by atoms with Gasteiger partial charge in [-0.3, -0.25) is 12.6 Å². The van der Waals surface area contributed by atoms with Crippen molar-refractivity contribution in [1.82, 2.24) is 0 Å². The van der Waals surface area contributed by atoms with E-state index < -0.39 is 0 Å². The van der Waals surface area contributed by atoms with Crippen LogP contribution in [0.1, 0.15) is 70.9 Å². The van der Waals surface area contributed by atoms with Gasteiger partial charge in [0.05, 0.1) is 5.41 Å². The zero-order chi connectivity index (χ0) is 29.2. The maximum atomic E-state index is 11.1. The van der Waals surface area contributed by atoms with Gasteiger partial charge in [0.25, 0.3) is 0 Å². The number of carbonyl (C=O) groups excluding carboxylic acids is 2. The third-order valence-electron chi connectivity index (χ3n) is 8.81. The number of fused-ring (bicyclic) bond motifs is 2. The number of hydrogen-bond acceptors (Lipinski definition) is 3. The minimum absolute atomic E-state index is 0. The summed E-state index contributed by atoms with van der Waals surface area (Å²) in [6.07, 6.45) is 16.4. The molecule has 0 spiro atoms. The molecule has 0 fully saturated rings. The van der Waals surface area contributed by atoms with Gasteiger partial charge in [-0.1, -0.05) is 80.4 Å². The van der Waals surface area contributed by atoms with Crippen LogP contribution in [0.15, 0.2) is 94.7 Å². The molecule has 0 bridgehead atoms. The molecule has 1 aliphatic carbocycles. The van der Waals surface area contributed by atoms with Crippen LogP contribution < -0.4 is 108 Å². The summed E-state index contributed by atoms with van der Waals surface area (Å²) < 4.78 is 2.25. The first-order chi connectivity index (χ1) is 19.7. The van der Waals surface area contributed by atoms with Crippen LogP contribution in [-0.4, -0.2) is 35.9 Å². The number of anilines is 1. The first-order valence-corrected chi connectivity index (χ1v) is 14.9. The topological polar surface area (TPSA) is 40.4 Å². The largest absolute Gasteiger partial charge is 1.00 e. The second-order valence-corrected chi connectivity index (χ2v) is 12.4. The molecule has 3 aliphatic rings. The fourth-order valence-electron chi connectivity index (χ4n) is 6.65. The van der Waals surface area contributed by atoms with E-state index in [1.54, 1.807) is 0 Å². The Hall–Kier alpha value is -0.227. The number of allylic oxidation sites excluding steroid dienone is 8. The van der Waals surface area contributed by atoms with E-state index in [0.29, 0.717) is 25.9 Å². The third-order valence-corrected chi connectivity index (χ3v) is 9.30. The van der Waals surface area contributed by atoms with E-state index >= 15 is 0 Å². The van der Waals surface area contributed by atoms with Crippen LogP contribution in [0.25, 0.3) is 0 Å². The monoisotopic (exact) mass is 643 g/mol. The average molecular weight is 644 g/mol. The molecule has 0 amide bonds. The second kappa shape index (κ2) is 16.1. The minimum Gasteiger partial charge on any atom is -0.542 e. The van der Waals surface area contributed by atoms with Gasteiger partial charge in [0.1, 0.15) is 6.54 Å². The van der Waals surface area contributed by atoms with Crippen molar-refractivity contribution >= 4 is 41.3 Å². The Kier molecular flexibility index (Phi) is 13.9. The molecule has 5 rings (SSSR count). The summed E-state index contributed by atoms with van der Waals surface area (Å²) >= 11 is 7.07. The van der Waals surface area contributed by atoms with Crippen molar-refractivity contribution in [1.29, 1.82) is 0 Å². The summed E-state index contributed by atoms with van der Waals surface area (Å²) in [5, 5.41) is 0.812. The number of benzene rings is 2. The Labute approximate surface area is 347 Å². The fourth-order valence-corrected chi connectivity index (χ4v) is 6.96. The van der Waals surface area contributed by atoms with E-state index in [1.807, 2.05) is 12.1 Å². The molecule has 7 heteroatoms. The van der Waals surface area contributed by atoms with E-state index in [4.69, 9.17) is 11.6 Å². The molecule has 0 unspecified atom stereocenters. The Balaban J connectivity index is 0.00000253. The SMILES string of the molecule is CC1(C)C(/C=C/C2=C(Cl)C(=C/C=C3/N(CC[C-]=O)c4ccccc4C3(C)C)/CCC2)=[N+](CC[C-]=O)c2ccccc21.[K+].[K+]. The fraction of sp³-hybridized carbons (Fsp3) is 0.361. The molecule has 4 nitrogen and oxygen atoms in total. The summed E-state index contributed by atoms with van der Waals surface area (Å²) in [6, 6.07) is 16.9. The standard InChI is InChI=1S/C36H38ClN2O2.2K/c1-35(2)28-14-5-7-16-30(28)38(22-10-24-40)32(35)20-18-26-12-9-13-27(34(26)37)19-21-33-36(3,4)29-15-6-8-17-31(29)39(33)23-11-25-41;;/h5-8,14-21H,9-13,22-23H2,1-4H3;;/q-1;2*+1. The van der Waals surface area contributed by atoms with Crippen LogP contribution >= 0.6 is 11.6 Å². The molecule has 0 aromatic heterocycles. The van der Waals surface area contributed by atoms with Crippen LogP contribution in [0.2, 0.25) is 0 Å².